The van der Waals surface area contributed by atoms with Gasteiger partial charge in [-0.1, -0.05) is 30.3 Å². The van der Waals surface area contributed by atoms with Crippen molar-refractivity contribution in [2.45, 2.75) is 51.0 Å². The molecule has 0 spiro atoms. The molecule has 2 unspecified atom stereocenters. The summed E-state index contributed by atoms with van der Waals surface area (Å²) >= 11 is 0. The molecule has 2 atom stereocenters. The molecule has 1 aromatic rings. The third-order valence-electron chi connectivity index (χ3n) is 4.11. The minimum atomic E-state index is -1.53. The van der Waals surface area contributed by atoms with Gasteiger partial charge in [0.05, 0.1) is 5.92 Å². The maximum Gasteiger partial charge on any atom is 0.324 e. The number of rotatable bonds is 3. The van der Waals surface area contributed by atoms with E-state index >= 15 is 0 Å². The summed E-state index contributed by atoms with van der Waals surface area (Å²) in [7, 11) is 0. The van der Waals surface area contributed by atoms with Crippen LogP contribution in [0.5, 0.6) is 0 Å². The first-order valence-corrected chi connectivity index (χ1v) is 7.72. The number of ether oxygens (including phenoxy) is 1. The number of hydrogen-bond donors (Lipinski definition) is 1. The van der Waals surface area contributed by atoms with E-state index in [1.165, 1.54) is 0 Å². The van der Waals surface area contributed by atoms with E-state index in [4.69, 9.17) is 4.74 Å². The van der Waals surface area contributed by atoms with E-state index in [1.54, 1.807) is 51.1 Å². The Morgan fingerprint density at radius 1 is 1.22 bits per heavy atom. The van der Waals surface area contributed by atoms with Crippen LogP contribution in [-0.2, 0) is 24.5 Å². The number of carboxylic acids is 1. The summed E-state index contributed by atoms with van der Waals surface area (Å²) in [5, 5.41) is 9.35. The number of ketones is 1. The van der Waals surface area contributed by atoms with Crippen LogP contribution in [0.2, 0.25) is 0 Å². The molecular formula is C18H22O5. The Kier molecular flexibility index (Phi) is 4.59. The van der Waals surface area contributed by atoms with Crippen LogP contribution >= 0.6 is 0 Å². The molecule has 23 heavy (non-hydrogen) atoms. The number of Topliss-reactive ketones (excluding diaryl/α,β-unsaturated/α-hetero) is 1. The highest BCUT2D eigenvalue weighted by atomic mass is 16.6. The number of benzene rings is 1. The summed E-state index contributed by atoms with van der Waals surface area (Å²) in [4.78, 5) is 37.0. The van der Waals surface area contributed by atoms with Crippen LogP contribution in [0.4, 0.5) is 0 Å². The quantitative estimate of drug-likeness (QED) is 0.684. The third-order valence-corrected chi connectivity index (χ3v) is 4.11. The van der Waals surface area contributed by atoms with Gasteiger partial charge in [0.25, 0.3) is 0 Å². The Labute approximate surface area is 135 Å². The van der Waals surface area contributed by atoms with Crippen molar-refractivity contribution >= 4 is 17.7 Å². The van der Waals surface area contributed by atoms with Gasteiger partial charge in [0.2, 0.25) is 0 Å². The maximum atomic E-state index is 12.9. The van der Waals surface area contributed by atoms with Gasteiger partial charge in [-0.25, -0.2) is 0 Å². The van der Waals surface area contributed by atoms with Crippen molar-refractivity contribution in [1.29, 1.82) is 0 Å². The fourth-order valence-electron chi connectivity index (χ4n) is 3.00. The van der Waals surface area contributed by atoms with Crippen LogP contribution in [-0.4, -0.2) is 28.4 Å². The maximum absolute atomic E-state index is 12.9. The summed E-state index contributed by atoms with van der Waals surface area (Å²) in [6, 6.07) is 8.63. The van der Waals surface area contributed by atoms with Crippen LogP contribution in [0.3, 0.4) is 0 Å². The van der Waals surface area contributed by atoms with Crippen molar-refractivity contribution in [3.05, 3.63) is 35.9 Å². The Morgan fingerprint density at radius 3 is 2.35 bits per heavy atom. The molecule has 1 aliphatic rings. The number of carboxylic acid groups (broad SMARTS) is 1. The van der Waals surface area contributed by atoms with E-state index in [0.29, 0.717) is 5.56 Å². The molecular weight excluding hydrogens is 296 g/mol. The predicted molar refractivity (Wildman–Crippen MR) is 83.9 cm³/mol. The Morgan fingerprint density at radius 2 is 1.83 bits per heavy atom. The van der Waals surface area contributed by atoms with Crippen molar-refractivity contribution in [2.24, 2.45) is 5.92 Å². The Hall–Kier alpha value is -2.17. The SMILES string of the molecule is CC(C)(C)OC(=O)C1(c2ccccc2)CC(C(=O)O)CCC1=O. The third kappa shape index (κ3) is 3.44. The van der Waals surface area contributed by atoms with Gasteiger partial charge in [-0.2, -0.15) is 0 Å². The number of carbonyl (C=O) groups is 3. The fourth-order valence-corrected chi connectivity index (χ4v) is 3.00. The highest BCUT2D eigenvalue weighted by Gasteiger charge is 2.54. The zero-order valence-electron chi connectivity index (χ0n) is 13.7. The predicted octanol–water partition coefficient (Wildman–Crippen LogP) is 2.72. The minimum absolute atomic E-state index is 0.0555. The molecule has 1 aliphatic carbocycles. The summed E-state index contributed by atoms with van der Waals surface area (Å²) < 4.78 is 5.48. The zero-order valence-corrected chi connectivity index (χ0v) is 13.7. The first kappa shape index (κ1) is 17.2. The molecule has 1 N–H and O–H groups in total. The molecule has 5 nitrogen and oxygen atoms in total. The molecule has 124 valence electrons. The topological polar surface area (TPSA) is 80.7 Å². The summed E-state index contributed by atoms with van der Waals surface area (Å²) in [6.07, 6.45) is 0.261. The van der Waals surface area contributed by atoms with Crippen molar-refractivity contribution in [1.82, 2.24) is 0 Å². The molecule has 0 radical (unpaired) electrons. The second-order valence-corrected chi connectivity index (χ2v) is 6.97. The molecule has 1 fully saturated rings. The highest BCUT2D eigenvalue weighted by Crippen LogP contribution is 2.41. The monoisotopic (exact) mass is 318 g/mol. The number of esters is 1. The minimum Gasteiger partial charge on any atom is -0.481 e. The van der Waals surface area contributed by atoms with Gasteiger partial charge in [-0.3, -0.25) is 14.4 Å². The van der Waals surface area contributed by atoms with E-state index in [1.807, 2.05) is 0 Å². The van der Waals surface area contributed by atoms with Crippen molar-refractivity contribution < 1.29 is 24.2 Å². The summed E-state index contributed by atoms with van der Waals surface area (Å²) in [5.74, 6) is -2.65. The number of aliphatic carboxylic acids is 1. The zero-order chi connectivity index (χ0) is 17.3. The average molecular weight is 318 g/mol. The highest BCUT2D eigenvalue weighted by molar-refractivity contribution is 6.10. The van der Waals surface area contributed by atoms with Gasteiger partial charge in [0, 0.05) is 6.42 Å². The molecule has 0 aromatic heterocycles. The largest absolute Gasteiger partial charge is 0.481 e. The van der Waals surface area contributed by atoms with Crippen LogP contribution in [0.15, 0.2) is 30.3 Å². The standard InChI is InChI=1S/C18H22O5/c1-17(2,3)23-16(22)18(13-7-5-4-6-8-13)11-12(15(20)21)9-10-14(18)19/h4-8,12H,9-11H2,1-3H3,(H,20,21). The molecule has 0 heterocycles. The normalized spacial score (nSPS) is 25.0. The first-order valence-electron chi connectivity index (χ1n) is 7.72. The van der Waals surface area contributed by atoms with E-state index in [0.717, 1.165) is 0 Å². The average Bonchev–Trinajstić information content (AvgIpc) is 2.46. The molecule has 0 bridgehead atoms. The lowest BCUT2D eigenvalue weighted by atomic mass is 9.65. The lowest BCUT2D eigenvalue weighted by Gasteiger charge is -2.38. The molecule has 0 amide bonds. The lowest BCUT2D eigenvalue weighted by molar-refractivity contribution is -0.167. The fraction of sp³-hybridized carbons (Fsp3) is 0.500. The van der Waals surface area contributed by atoms with Gasteiger partial charge in [-0.15, -0.1) is 0 Å². The van der Waals surface area contributed by atoms with Crippen molar-refractivity contribution in [3.8, 4) is 0 Å². The second-order valence-electron chi connectivity index (χ2n) is 6.97. The van der Waals surface area contributed by atoms with Gasteiger partial charge in [-0.05, 0) is 39.2 Å². The Balaban J connectivity index is 2.52. The van der Waals surface area contributed by atoms with Crippen LogP contribution in [0.1, 0.15) is 45.6 Å². The molecule has 2 rings (SSSR count). The van der Waals surface area contributed by atoms with Crippen molar-refractivity contribution in [2.75, 3.05) is 0 Å². The molecule has 1 aromatic carbocycles. The van der Waals surface area contributed by atoms with E-state index in [-0.39, 0.29) is 25.0 Å². The lowest BCUT2D eigenvalue weighted by Crippen LogP contribution is -2.51. The van der Waals surface area contributed by atoms with Gasteiger partial charge < -0.3 is 9.84 Å². The molecule has 0 saturated heterocycles. The Bertz CT molecular complexity index is 614. The van der Waals surface area contributed by atoms with Crippen molar-refractivity contribution in [3.63, 3.8) is 0 Å². The van der Waals surface area contributed by atoms with E-state index < -0.39 is 28.9 Å². The van der Waals surface area contributed by atoms with Crippen LogP contribution < -0.4 is 0 Å². The van der Waals surface area contributed by atoms with Gasteiger partial charge >= 0.3 is 11.9 Å². The summed E-state index contributed by atoms with van der Waals surface area (Å²) in [6.45, 7) is 5.18. The molecule has 1 saturated carbocycles. The smallest absolute Gasteiger partial charge is 0.324 e. The second kappa shape index (κ2) is 6.14. The van der Waals surface area contributed by atoms with Crippen LogP contribution in [0.25, 0.3) is 0 Å². The number of hydrogen-bond acceptors (Lipinski definition) is 4. The molecule has 0 aliphatic heterocycles. The summed E-state index contributed by atoms with van der Waals surface area (Å²) in [5.41, 5.74) is -1.78. The van der Waals surface area contributed by atoms with E-state index in [2.05, 4.69) is 0 Å². The first-order chi connectivity index (χ1) is 10.7. The number of carbonyl (C=O) groups excluding carboxylic acids is 2. The van der Waals surface area contributed by atoms with Gasteiger partial charge in [0.1, 0.15) is 5.60 Å². The van der Waals surface area contributed by atoms with Crippen LogP contribution in [0, 0.1) is 5.92 Å². The van der Waals surface area contributed by atoms with Gasteiger partial charge in [0.15, 0.2) is 11.2 Å². The van der Waals surface area contributed by atoms with E-state index in [9.17, 15) is 19.5 Å². The molecule has 5 heteroatoms.